The second-order valence-electron chi connectivity index (χ2n) is 8.68. The Balaban J connectivity index is 1.73. The van der Waals surface area contributed by atoms with Gasteiger partial charge in [0.05, 0.1) is 63.7 Å². The number of anilines is 2. The van der Waals surface area contributed by atoms with Gasteiger partial charge in [0.15, 0.2) is 0 Å². The Kier molecular flexibility index (Phi) is 6.64. The van der Waals surface area contributed by atoms with Gasteiger partial charge in [-0.1, -0.05) is 6.07 Å². The SMILES string of the molecule is CC(C)(O)C(F)CNC(=O)c1cnc(-c2ccc3cc(C#N)cnn23)cc1Nc1cccc(C#N)c1. The van der Waals surface area contributed by atoms with Crippen LogP contribution in [0.4, 0.5) is 15.8 Å². The molecule has 0 saturated carbocycles. The largest absolute Gasteiger partial charge is 0.387 e. The standard InChI is InChI=1S/C26H22FN7O2/c1-26(2,36)24(27)15-31-25(35)20-14-30-22(10-21(20)33-18-5-3-4-16(8-18)11-28)23-7-6-19-9-17(12-29)13-32-34(19)23/h3-10,13-14,24,36H,15H2,1-2H3,(H,30,33)(H,31,35). The number of carbonyl (C=O) groups is 1. The normalized spacial score (nSPS) is 11.9. The number of aromatic nitrogens is 3. The molecule has 36 heavy (non-hydrogen) atoms. The number of nitriles is 2. The van der Waals surface area contributed by atoms with E-state index in [1.165, 1.54) is 26.2 Å². The Morgan fingerprint density at radius 2 is 1.92 bits per heavy atom. The zero-order valence-corrected chi connectivity index (χ0v) is 19.5. The highest BCUT2D eigenvalue weighted by molar-refractivity contribution is 6.00. The summed E-state index contributed by atoms with van der Waals surface area (Å²) in [7, 11) is 0. The molecule has 0 aliphatic carbocycles. The maximum atomic E-state index is 14.2. The molecule has 9 nitrogen and oxygen atoms in total. The fourth-order valence-electron chi connectivity index (χ4n) is 3.48. The molecule has 0 radical (unpaired) electrons. The van der Waals surface area contributed by atoms with Gasteiger partial charge in [0, 0.05) is 11.9 Å². The van der Waals surface area contributed by atoms with Crippen molar-refractivity contribution in [3.05, 3.63) is 77.6 Å². The molecule has 0 saturated heterocycles. The van der Waals surface area contributed by atoms with Crippen molar-refractivity contribution in [3.8, 4) is 23.5 Å². The average molecular weight is 484 g/mol. The number of carbonyl (C=O) groups excluding carboxylic acids is 1. The number of alkyl halides is 1. The van der Waals surface area contributed by atoms with Crippen LogP contribution in [0.1, 0.15) is 35.3 Å². The second-order valence-corrected chi connectivity index (χ2v) is 8.68. The van der Waals surface area contributed by atoms with E-state index in [0.29, 0.717) is 39.4 Å². The number of nitrogens with zero attached hydrogens (tertiary/aromatic N) is 5. The Labute approximate surface area is 206 Å². The topological polar surface area (TPSA) is 139 Å². The summed E-state index contributed by atoms with van der Waals surface area (Å²) in [5.74, 6) is -0.586. The first-order valence-corrected chi connectivity index (χ1v) is 11.0. The second kappa shape index (κ2) is 9.82. The molecule has 3 heterocycles. The highest BCUT2D eigenvalue weighted by Crippen LogP contribution is 2.28. The summed E-state index contributed by atoms with van der Waals surface area (Å²) in [5, 5.41) is 38.1. The van der Waals surface area contributed by atoms with E-state index in [1.807, 2.05) is 0 Å². The third-order valence-corrected chi connectivity index (χ3v) is 5.52. The van der Waals surface area contributed by atoms with E-state index in [-0.39, 0.29) is 12.1 Å². The van der Waals surface area contributed by atoms with Crippen molar-refractivity contribution in [3.63, 3.8) is 0 Å². The predicted octanol–water partition coefficient (Wildman–Crippen LogP) is 3.72. The van der Waals surface area contributed by atoms with Gasteiger partial charge in [-0.25, -0.2) is 8.91 Å². The fourth-order valence-corrected chi connectivity index (χ4v) is 3.48. The van der Waals surface area contributed by atoms with Gasteiger partial charge in [-0.2, -0.15) is 15.6 Å². The summed E-state index contributed by atoms with van der Waals surface area (Å²) in [5.41, 5.74) is 2.14. The fraction of sp³-hybridized carbons (Fsp3) is 0.192. The van der Waals surface area contributed by atoms with Crippen LogP contribution in [0.3, 0.4) is 0 Å². The van der Waals surface area contributed by atoms with Crippen LogP contribution in [-0.4, -0.2) is 43.9 Å². The molecule has 0 fully saturated rings. The van der Waals surface area contributed by atoms with Crippen molar-refractivity contribution in [2.24, 2.45) is 0 Å². The van der Waals surface area contributed by atoms with Crippen LogP contribution in [0.5, 0.6) is 0 Å². The van der Waals surface area contributed by atoms with Crippen LogP contribution < -0.4 is 10.6 Å². The van der Waals surface area contributed by atoms with Crippen LogP contribution in [0.2, 0.25) is 0 Å². The van der Waals surface area contributed by atoms with Gasteiger partial charge in [-0.15, -0.1) is 0 Å². The number of pyridine rings is 1. The molecule has 0 aliphatic rings. The van der Waals surface area contributed by atoms with Gasteiger partial charge in [0.1, 0.15) is 12.2 Å². The third kappa shape index (κ3) is 5.14. The molecule has 0 spiro atoms. The van der Waals surface area contributed by atoms with E-state index >= 15 is 0 Å². The lowest BCUT2D eigenvalue weighted by atomic mass is 10.0. The van der Waals surface area contributed by atoms with Crippen molar-refractivity contribution < 1.29 is 14.3 Å². The third-order valence-electron chi connectivity index (χ3n) is 5.52. The Bertz CT molecular complexity index is 1530. The van der Waals surface area contributed by atoms with E-state index in [9.17, 15) is 19.6 Å². The molecule has 1 aromatic carbocycles. The average Bonchev–Trinajstić information content (AvgIpc) is 3.29. The molecular weight excluding hydrogens is 461 g/mol. The number of aliphatic hydroxyl groups is 1. The number of nitrogens with one attached hydrogen (secondary N) is 2. The van der Waals surface area contributed by atoms with Crippen molar-refractivity contribution in [1.82, 2.24) is 19.9 Å². The lowest BCUT2D eigenvalue weighted by Crippen LogP contribution is -2.42. The quantitative estimate of drug-likeness (QED) is 0.364. The van der Waals surface area contributed by atoms with Crippen LogP contribution in [0.15, 0.2) is 60.9 Å². The number of halogens is 1. The Hall–Kier alpha value is -4.80. The summed E-state index contributed by atoms with van der Waals surface area (Å²) in [4.78, 5) is 17.4. The van der Waals surface area contributed by atoms with Crippen LogP contribution >= 0.6 is 0 Å². The minimum Gasteiger partial charge on any atom is -0.387 e. The summed E-state index contributed by atoms with van der Waals surface area (Å²) in [6.07, 6.45) is 1.14. The van der Waals surface area contributed by atoms with E-state index in [1.54, 1.807) is 53.0 Å². The van der Waals surface area contributed by atoms with Crippen molar-refractivity contribution >= 4 is 22.8 Å². The van der Waals surface area contributed by atoms with Crippen molar-refractivity contribution in [2.45, 2.75) is 25.6 Å². The summed E-state index contributed by atoms with van der Waals surface area (Å²) < 4.78 is 15.8. The van der Waals surface area contributed by atoms with Gasteiger partial charge in [-0.3, -0.25) is 9.78 Å². The monoisotopic (exact) mass is 483 g/mol. The van der Waals surface area contributed by atoms with Gasteiger partial charge in [-0.05, 0) is 56.3 Å². The van der Waals surface area contributed by atoms with Crippen molar-refractivity contribution in [1.29, 1.82) is 10.5 Å². The molecule has 180 valence electrons. The van der Waals surface area contributed by atoms with Crippen molar-refractivity contribution in [2.75, 3.05) is 11.9 Å². The number of fused-ring (bicyclic) bond motifs is 1. The first-order valence-electron chi connectivity index (χ1n) is 11.0. The molecular formula is C26H22FN7O2. The van der Waals surface area contributed by atoms with Crippen LogP contribution in [-0.2, 0) is 0 Å². The Morgan fingerprint density at radius 1 is 1.14 bits per heavy atom. The van der Waals surface area contributed by atoms with Gasteiger partial charge in [0.25, 0.3) is 5.91 Å². The van der Waals surface area contributed by atoms with E-state index in [2.05, 4.69) is 32.9 Å². The molecule has 4 rings (SSSR count). The summed E-state index contributed by atoms with van der Waals surface area (Å²) >= 11 is 0. The maximum absolute atomic E-state index is 14.2. The van der Waals surface area contributed by atoms with E-state index in [4.69, 9.17) is 5.26 Å². The van der Waals surface area contributed by atoms with Gasteiger partial charge >= 0.3 is 0 Å². The highest BCUT2D eigenvalue weighted by Gasteiger charge is 2.27. The number of rotatable bonds is 7. The highest BCUT2D eigenvalue weighted by atomic mass is 19.1. The van der Waals surface area contributed by atoms with Gasteiger partial charge in [0.2, 0.25) is 0 Å². The molecule has 1 atom stereocenters. The van der Waals surface area contributed by atoms with Gasteiger partial charge < -0.3 is 15.7 Å². The maximum Gasteiger partial charge on any atom is 0.255 e. The zero-order chi connectivity index (χ0) is 25.9. The lowest BCUT2D eigenvalue weighted by molar-refractivity contribution is -0.00177. The molecule has 4 aromatic rings. The number of amides is 1. The Morgan fingerprint density at radius 3 is 2.64 bits per heavy atom. The smallest absolute Gasteiger partial charge is 0.255 e. The summed E-state index contributed by atoms with van der Waals surface area (Å²) in [6, 6.07) is 17.8. The number of hydrogen-bond donors (Lipinski definition) is 3. The minimum absolute atomic E-state index is 0.143. The first kappa shape index (κ1) is 24.3. The van der Waals surface area contributed by atoms with Crippen LogP contribution in [0.25, 0.3) is 16.9 Å². The first-order chi connectivity index (χ1) is 17.2. The lowest BCUT2D eigenvalue weighted by Gasteiger charge is -2.22. The van der Waals surface area contributed by atoms with E-state index < -0.39 is 17.7 Å². The number of hydrogen-bond acceptors (Lipinski definition) is 7. The van der Waals surface area contributed by atoms with E-state index in [0.717, 1.165) is 0 Å². The molecule has 10 heteroatoms. The predicted molar refractivity (Wildman–Crippen MR) is 131 cm³/mol. The summed E-state index contributed by atoms with van der Waals surface area (Å²) in [6.45, 7) is 2.26. The molecule has 1 unspecified atom stereocenters. The zero-order valence-electron chi connectivity index (χ0n) is 19.5. The van der Waals surface area contributed by atoms with Crippen LogP contribution in [0, 0.1) is 22.7 Å². The molecule has 0 bridgehead atoms. The number of benzene rings is 1. The molecule has 3 N–H and O–H groups in total. The molecule has 1 amide bonds. The molecule has 0 aliphatic heterocycles. The minimum atomic E-state index is -1.67. The molecule has 3 aromatic heterocycles.